The van der Waals surface area contributed by atoms with Crippen molar-refractivity contribution in [2.24, 2.45) is 0 Å². The number of anilines is 1. The van der Waals surface area contributed by atoms with Crippen LogP contribution < -0.4 is 5.32 Å². The summed E-state index contributed by atoms with van der Waals surface area (Å²) in [5, 5.41) is 4.51. The molecule has 0 aliphatic rings. The third-order valence-electron chi connectivity index (χ3n) is 2.99. The molecule has 4 nitrogen and oxygen atoms in total. The summed E-state index contributed by atoms with van der Waals surface area (Å²) in [6.07, 6.45) is 0.852. The van der Waals surface area contributed by atoms with E-state index in [1.807, 2.05) is 0 Å². The van der Waals surface area contributed by atoms with E-state index in [0.29, 0.717) is 6.61 Å². The maximum absolute atomic E-state index is 5.06. The summed E-state index contributed by atoms with van der Waals surface area (Å²) in [6.45, 7) is 7.78. The Hall–Kier alpha value is -1.20. The average Bonchev–Trinajstić information content (AvgIpc) is 2.65. The first-order chi connectivity index (χ1) is 8.67. The first-order valence-electron chi connectivity index (χ1n) is 6.16. The molecule has 0 radical (unpaired) electrons. The second-order valence-corrected chi connectivity index (χ2v) is 5.43. The number of hydrogen-bond donors (Lipinski definition) is 1. The Balaban J connectivity index is 2.46. The van der Waals surface area contributed by atoms with Crippen LogP contribution in [0.15, 0.2) is 0 Å². The van der Waals surface area contributed by atoms with Gasteiger partial charge in [0.2, 0.25) is 0 Å². The van der Waals surface area contributed by atoms with Crippen LogP contribution in [0.3, 0.4) is 0 Å². The van der Waals surface area contributed by atoms with E-state index in [9.17, 15) is 0 Å². The van der Waals surface area contributed by atoms with Crippen LogP contribution in [0.2, 0.25) is 0 Å². The molecule has 0 fully saturated rings. The van der Waals surface area contributed by atoms with Gasteiger partial charge in [-0.15, -0.1) is 11.3 Å². The predicted octanol–water partition coefficient (Wildman–Crippen LogP) is 2.93. The molecule has 0 aliphatic heterocycles. The van der Waals surface area contributed by atoms with Crippen molar-refractivity contribution in [1.82, 2.24) is 9.97 Å². The van der Waals surface area contributed by atoms with Gasteiger partial charge < -0.3 is 10.1 Å². The van der Waals surface area contributed by atoms with Crippen LogP contribution >= 0.6 is 11.3 Å². The lowest BCUT2D eigenvalue weighted by atomic mass is 10.2. The van der Waals surface area contributed by atoms with E-state index in [1.54, 1.807) is 18.4 Å². The molecule has 0 aliphatic carbocycles. The molecule has 2 aromatic rings. The average molecular weight is 265 g/mol. The lowest BCUT2D eigenvalue weighted by Gasteiger charge is -2.08. The van der Waals surface area contributed by atoms with E-state index in [1.165, 1.54) is 10.4 Å². The molecule has 0 saturated heterocycles. The van der Waals surface area contributed by atoms with Crippen molar-refractivity contribution in [2.45, 2.75) is 27.2 Å². The molecule has 18 heavy (non-hydrogen) atoms. The summed E-state index contributed by atoms with van der Waals surface area (Å²) < 4.78 is 5.06. The van der Waals surface area contributed by atoms with Crippen molar-refractivity contribution in [3.05, 3.63) is 16.3 Å². The van der Waals surface area contributed by atoms with Crippen LogP contribution in [0.4, 0.5) is 5.82 Å². The topological polar surface area (TPSA) is 47.0 Å². The predicted molar refractivity (Wildman–Crippen MR) is 76.6 cm³/mol. The lowest BCUT2D eigenvalue weighted by Crippen LogP contribution is -2.10. The molecule has 0 spiro atoms. The number of nitrogens with one attached hydrogen (secondary N) is 1. The van der Waals surface area contributed by atoms with Crippen molar-refractivity contribution >= 4 is 27.4 Å². The molecule has 0 aromatic carbocycles. The molecular weight excluding hydrogens is 246 g/mol. The van der Waals surface area contributed by atoms with Crippen LogP contribution in [-0.4, -0.2) is 30.2 Å². The van der Waals surface area contributed by atoms with Crippen molar-refractivity contribution < 1.29 is 4.74 Å². The summed E-state index contributed by atoms with van der Waals surface area (Å²) in [6, 6.07) is 0. The van der Waals surface area contributed by atoms with Gasteiger partial charge in [-0.05, 0) is 19.4 Å². The van der Waals surface area contributed by atoms with E-state index in [-0.39, 0.29) is 0 Å². The van der Waals surface area contributed by atoms with E-state index in [2.05, 4.69) is 36.1 Å². The molecule has 0 bridgehead atoms. The highest BCUT2D eigenvalue weighted by Gasteiger charge is 2.13. The molecule has 0 unspecified atom stereocenters. The van der Waals surface area contributed by atoms with Crippen LogP contribution in [0, 0.1) is 13.8 Å². The lowest BCUT2D eigenvalue weighted by molar-refractivity contribution is 0.210. The summed E-state index contributed by atoms with van der Waals surface area (Å²) in [5.41, 5.74) is 1.28. The number of methoxy groups -OCH3 is 1. The van der Waals surface area contributed by atoms with Gasteiger partial charge in [-0.1, -0.05) is 6.92 Å². The monoisotopic (exact) mass is 265 g/mol. The Morgan fingerprint density at radius 2 is 2.06 bits per heavy atom. The van der Waals surface area contributed by atoms with Gasteiger partial charge in [-0.2, -0.15) is 0 Å². The van der Waals surface area contributed by atoms with Crippen LogP contribution in [0.25, 0.3) is 10.2 Å². The number of fused-ring (bicyclic) bond motifs is 1. The minimum absolute atomic E-state index is 0.676. The number of nitrogens with zero attached hydrogens (tertiary/aromatic N) is 2. The van der Waals surface area contributed by atoms with Gasteiger partial charge in [-0.3, -0.25) is 0 Å². The van der Waals surface area contributed by atoms with Crippen molar-refractivity contribution in [3.8, 4) is 0 Å². The number of rotatable bonds is 5. The molecule has 98 valence electrons. The van der Waals surface area contributed by atoms with E-state index in [0.717, 1.165) is 34.8 Å². The summed E-state index contributed by atoms with van der Waals surface area (Å²) in [7, 11) is 1.70. The number of ether oxygens (including phenoxy) is 1. The Bertz CT molecular complexity index is 551. The third-order valence-corrected chi connectivity index (χ3v) is 4.09. The Labute approximate surface area is 111 Å². The smallest absolute Gasteiger partial charge is 0.138 e. The maximum Gasteiger partial charge on any atom is 0.138 e. The number of aryl methyl sites for hydroxylation is 3. The minimum atomic E-state index is 0.676. The zero-order valence-corrected chi connectivity index (χ0v) is 12.1. The van der Waals surface area contributed by atoms with Gasteiger partial charge in [0.15, 0.2) is 0 Å². The van der Waals surface area contributed by atoms with Crippen LogP contribution in [0.1, 0.15) is 23.2 Å². The second-order valence-electron chi connectivity index (χ2n) is 4.22. The fourth-order valence-electron chi connectivity index (χ4n) is 1.85. The van der Waals surface area contributed by atoms with Crippen molar-refractivity contribution in [2.75, 3.05) is 25.6 Å². The van der Waals surface area contributed by atoms with Gasteiger partial charge in [0.1, 0.15) is 16.5 Å². The normalized spacial score (nSPS) is 11.1. The van der Waals surface area contributed by atoms with Crippen LogP contribution in [0.5, 0.6) is 0 Å². The quantitative estimate of drug-likeness (QED) is 0.844. The molecule has 1 N–H and O–H groups in total. The zero-order chi connectivity index (χ0) is 13.1. The standard InChI is InChI=1S/C13H19N3OS/c1-5-10-15-12(14-6-7-17-4)11-8(2)9(3)18-13(11)16-10/h5-7H2,1-4H3,(H,14,15,16). The zero-order valence-electron chi connectivity index (χ0n) is 11.3. The van der Waals surface area contributed by atoms with Gasteiger partial charge in [0.25, 0.3) is 0 Å². The van der Waals surface area contributed by atoms with E-state index < -0.39 is 0 Å². The Morgan fingerprint density at radius 1 is 1.28 bits per heavy atom. The molecule has 0 amide bonds. The molecule has 0 saturated carbocycles. The summed E-state index contributed by atoms with van der Waals surface area (Å²) in [5.74, 6) is 1.83. The van der Waals surface area contributed by atoms with Gasteiger partial charge in [0.05, 0.1) is 12.0 Å². The molecule has 2 heterocycles. The first-order valence-corrected chi connectivity index (χ1v) is 6.98. The third kappa shape index (κ3) is 2.47. The number of aromatic nitrogens is 2. The highest BCUT2D eigenvalue weighted by Crippen LogP contribution is 2.33. The van der Waals surface area contributed by atoms with Crippen molar-refractivity contribution in [3.63, 3.8) is 0 Å². The molecule has 0 atom stereocenters. The van der Waals surface area contributed by atoms with E-state index in [4.69, 9.17) is 4.74 Å². The van der Waals surface area contributed by atoms with Gasteiger partial charge in [-0.25, -0.2) is 9.97 Å². The highest BCUT2D eigenvalue weighted by molar-refractivity contribution is 7.18. The fourth-order valence-corrected chi connectivity index (χ4v) is 2.90. The van der Waals surface area contributed by atoms with E-state index >= 15 is 0 Å². The first kappa shape index (κ1) is 13.2. The Kier molecular flexibility index (Phi) is 4.14. The van der Waals surface area contributed by atoms with Crippen LogP contribution in [-0.2, 0) is 11.2 Å². The van der Waals surface area contributed by atoms with Gasteiger partial charge in [0, 0.05) is 25.0 Å². The summed E-state index contributed by atoms with van der Waals surface area (Å²) in [4.78, 5) is 11.6. The maximum atomic E-state index is 5.06. The number of hydrogen-bond acceptors (Lipinski definition) is 5. The molecule has 2 rings (SSSR count). The van der Waals surface area contributed by atoms with Crippen molar-refractivity contribution in [1.29, 1.82) is 0 Å². The minimum Gasteiger partial charge on any atom is -0.383 e. The second kappa shape index (κ2) is 5.63. The number of thiophene rings is 1. The summed E-state index contributed by atoms with van der Waals surface area (Å²) >= 11 is 1.74. The molecular formula is C13H19N3OS. The largest absolute Gasteiger partial charge is 0.383 e. The van der Waals surface area contributed by atoms with Gasteiger partial charge >= 0.3 is 0 Å². The molecule has 2 aromatic heterocycles. The Morgan fingerprint density at radius 3 is 2.72 bits per heavy atom. The molecule has 5 heteroatoms. The SMILES string of the molecule is CCc1nc(NCCOC)c2c(C)c(C)sc2n1. The fraction of sp³-hybridized carbons (Fsp3) is 0.538. The highest BCUT2D eigenvalue weighted by atomic mass is 32.1.